The molecule has 0 spiro atoms. The molecule has 3 fully saturated rings. The SMILES string of the molecule is COc1ccc([C@H]2C(S(=O)(=O)c3ccccc3)C(=O)N3[C@@H]2OC[C@H]3c2ccccc2)cc1OC1CCCC1. The number of carbonyl (C=O) groups excluding carboxylic acids is 1. The monoisotopic (exact) mass is 533 g/mol. The van der Waals surface area contributed by atoms with Gasteiger partial charge in [-0.05, 0) is 61.1 Å². The Hall–Kier alpha value is -3.36. The minimum Gasteiger partial charge on any atom is -0.493 e. The Bertz CT molecular complexity index is 1410. The molecule has 0 bridgehead atoms. The minimum absolute atomic E-state index is 0.0925. The van der Waals surface area contributed by atoms with Gasteiger partial charge in [0.05, 0.1) is 36.7 Å². The van der Waals surface area contributed by atoms with E-state index in [0.717, 1.165) is 31.2 Å². The molecule has 38 heavy (non-hydrogen) atoms. The van der Waals surface area contributed by atoms with Crippen LogP contribution in [0.15, 0.2) is 83.8 Å². The number of amides is 1. The molecule has 1 unspecified atom stereocenters. The molecule has 4 atom stereocenters. The number of ether oxygens (including phenoxy) is 3. The highest BCUT2D eigenvalue weighted by atomic mass is 32.2. The van der Waals surface area contributed by atoms with Crippen LogP contribution >= 0.6 is 0 Å². The van der Waals surface area contributed by atoms with E-state index < -0.39 is 33.1 Å². The van der Waals surface area contributed by atoms with Crippen molar-refractivity contribution in [2.45, 2.75) is 60.1 Å². The van der Waals surface area contributed by atoms with Gasteiger partial charge >= 0.3 is 0 Å². The molecule has 0 aromatic heterocycles. The molecule has 2 saturated heterocycles. The number of methoxy groups -OCH3 is 1. The third-order valence-corrected chi connectivity index (χ3v) is 10.0. The van der Waals surface area contributed by atoms with Crippen LogP contribution < -0.4 is 9.47 Å². The Morgan fingerprint density at radius 2 is 1.55 bits per heavy atom. The van der Waals surface area contributed by atoms with Gasteiger partial charge < -0.3 is 19.1 Å². The summed E-state index contributed by atoms with van der Waals surface area (Å²) in [5.74, 6) is -0.0300. The lowest BCUT2D eigenvalue weighted by Gasteiger charge is -2.24. The van der Waals surface area contributed by atoms with Crippen molar-refractivity contribution in [1.29, 1.82) is 0 Å². The average molecular weight is 534 g/mol. The topological polar surface area (TPSA) is 82.1 Å². The second kappa shape index (κ2) is 10.1. The van der Waals surface area contributed by atoms with Crippen molar-refractivity contribution in [3.05, 3.63) is 90.0 Å². The van der Waals surface area contributed by atoms with Crippen LogP contribution in [0.2, 0.25) is 0 Å². The van der Waals surface area contributed by atoms with Gasteiger partial charge in [0.2, 0.25) is 5.91 Å². The Balaban J connectivity index is 1.45. The first-order valence-electron chi connectivity index (χ1n) is 13.1. The van der Waals surface area contributed by atoms with Crippen LogP contribution in [0.3, 0.4) is 0 Å². The Morgan fingerprint density at radius 1 is 0.868 bits per heavy atom. The smallest absolute Gasteiger partial charge is 0.244 e. The maximum Gasteiger partial charge on any atom is 0.244 e. The maximum atomic E-state index is 14.1. The first-order valence-corrected chi connectivity index (χ1v) is 14.7. The van der Waals surface area contributed by atoms with Crippen molar-refractivity contribution < 1.29 is 27.4 Å². The van der Waals surface area contributed by atoms with Gasteiger partial charge in [-0.1, -0.05) is 54.6 Å². The van der Waals surface area contributed by atoms with Gasteiger partial charge in [0.25, 0.3) is 0 Å². The fraction of sp³-hybridized carbons (Fsp3) is 0.367. The summed E-state index contributed by atoms with van der Waals surface area (Å²) in [4.78, 5) is 15.8. The molecule has 3 aromatic rings. The number of rotatable bonds is 7. The number of sulfone groups is 1. The minimum atomic E-state index is -4.03. The predicted octanol–water partition coefficient (Wildman–Crippen LogP) is 4.88. The molecule has 3 aliphatic rings. The number of benzene rings is 3. The summed E-state index contributed by atoms with van der Waals surface area (Å²) >= 11 is 0. The summed E-state index contributed by atoms with van der Waals surface area (Å²) in [6.07, 6.45) is 3.55. The highest BCUT2D eigenvalue weighted by Gasteiger charge is 2.60. The Labute approximate surface area is 223 Å². The van der Waals surface area contributed by atoms with Crippen LogP contribution in [0.5, 0.6) is 11.5 Å². The fourth-order valence-electron chi connectivity index (χ4n) is 6.07. The van der Waals surface area contributed by atoms with Crippen LogP contribution in [0.25, 0.3) is 0 Å². The normalized spacial score (nSPS) is 25.5. The third kappa shape index (κ3) is 4.25. The molecule has 0 radical (unpaired) electrons. The Morgan fingerprint density at radius 3 is 2.24 bits per heavy atom. The summed E-state index contributed by atoms with van der Waals surface area (Å²) in [5, 5.41) is -1.32. The molecule has 2 aliphatic heterocycles. The van der Waals surface area contributed by atoms with Crippen molar-refractivity contribution in [1.82, 2.24) is 4.90 Å². The largest absolute Gasteiger partial charge is 0.493 e. The van der Waals surface area contributed by atoms with E-state index in [4.69, 9.17) is 14.2 Å². The Kier molecular flexibility index (Phi) is 6.61. The molecular weight excluding hydrogens is 502 g/mol. The quantitative estimate of drug-likeness (QED) is 0.431. The van der Waals surface area contributed by atoms with E-state index in [1.54, 1.807) is 48.4 Å². The fourth-order valence-corrected chi connectivity index (χ4v) is 7.96. The number of carbonyl (C=O) groups is 1. The van der Waals surface area contributed by atoms with E-state index in [1.165, 1.54) is 0 Å². The number of hydrogen-bond acceptors (Lipinski definition) is 6. The van der Waals surface area contributed by atoms with Gasteiger partial charge in [0.15, 0.2) is 26.6 Å². The second-order valence-electron chi connectivity index (χ2n) is 10.1. The zero-order chi connectivity index (χ0) is 26.3. The van der Waals surface area contributed by atoms with Gasteiger partial charge in [-0.15, -0.1) is 0 Å². The highest BCUT2D eigenvalue weighted by Crippen LogP contribution is 2.49. The van der Waals surface area contributed by atoms with Gasteiger partial charge in [0, 0.05) is 0 Å². The van der Waals surface area contributed by atoms with Crippen LogP contribution in [0.4, 0.5) is 0 Å². The first-order chi connectivity index (χ1) is 18.5. The van der Waals surface area contributed by atoms with Crippen molar-refractivity contribution in [2.24, 2.45) is 0 Å². The molecule has 6 rings (SSSR count). The zero-order valence-electron chi connectivity index (χ0n) is 21.2. The lowest BCUT2D eigenvalue weighted by molar-refractivity contribution is -0.130. The lowest BCUT2D eigenvalue weighted by Crippen LogP contribution is -2.37. The van der Waals surface area contributed by atoms with E-state index in [-0.39, 0.29) is 17.0 Å². The van der Waals surface area contributed by atoms with Gasteiger partial charge in [-0.2, -0.15) is 0 Å². The van der Waals surface area contributed by atoms with E-state index in [2.05, 4.69) is 0 Å². The van der Waals surface area contributed by atoms with Crippen molar-refractivity contribution in [2.75, 3.05) is 13.7 Å². The van der Waals surface area contributed by atoms with E-state index in [1.807, 2.05) is 42.5 Å². The first kappa shape index (κ1) is 24.9. The van der Waals surface area contributed by atoms with E-state index in [0.29, 0.717) is 23.7 Å². The zero-order valence-corrected chi connectivity index (χ0v) is 22.0. The number of hydrogen-bond donors (Lipinski definition) is 0. The van der Waals surface area contributed by atoms with Gasteiger partial charge in [-0.3, -0.25) is 4.79 Å². The van der Waals surface area contributed by atoms with Gasteiger partial charge in [-0.25, -0.2) is 8.42 Å². The molecule has 3 aromatic carbocycles. The van der Waals surface area contributed by atoms with Crippen LogP contribution in [0.1, 0.15) is 48.8 Å². The van der Waals surface area contributed by atoms with E-state index >= 15 is 0 Å². The summed E-state index contributed by atoms with van der Waals surface area (Å²) in [7, 11) is -2.44. The molecule has 2 heterocycles. The third-order valence-electron chi connectivity index (χ3n) is 7.92. The van der Waals surface area contributed by atoms with Crippen molar-refractivity contribution in [3.8, 4) is 11.5 Å². The predicted molar refractivity (Wildman–Crippen MR) is 142 cm³/mol. The van der Waals surface area contributed by atoms with E-state index in [9.17, 15) is 13.2 Å². The standard InChI is InChI=1S/C30H31NO6S/c1-35-25-17-16-21(18-26(25)37-22-12-8-9-13-22)27-28(38(33,34)23-14-6-3-7-15-23)29(32)31-24(19-36-30(27)31)20-10-4-2-5-11-20/h2-7,10-11,14-18,22,24,27-28,30H,8-9,12-13,19H2,1H3/t24-,27-,28?,30+/m0/s1. The number of nitrogens with zero attached hydrogens (tertiary/aromatic N) is 1. The molecule has 7 nitrogen and oxygen atoms in total. The summed E-state index contributed by atoms with van der Waals surface area (Å²) in [6, 6.07) is 22.9. The molecule has 8 heteroatoms. The van der Waals surface area contributed by atoms with Crippen LogP contribution in [-0.2, 0) is 19.4 Å². The molecule has 1 aliphatic carbocycles. The second-order valence-corrected chi connectivity index (χ2v) is 12.2. The van der Waals surface area contributed by atoms with Crippen LogP contribution in [-0.4, -0.2) is 50.5 Å². The van der Waals surface area contributed by atoms with Crippen molar-refractivity contribution in [3.63, 3.8) is 0 Å². The molecule has 198 valence electrons. The van der Waals surface area contributed by atoms with Crippen LogP contribution in [0, 0.1) is 0 Å². The summed E-state index contributed by atoms with van der Waals surface area (Å²) < 4.78 is 46.2. The highest BCUT2D eigenvalue weighted by molar-refractivity contribution is 7.92. The average Bonchev–Trinajstić information content (AvgIpc) is 3.68. The van der Waals surface area contributed by atoms with Gasteiger partial charge in [0.1, 0.15) is 6.23 Å². The summed E-state index contributed by atoms with van der Waals surface area (Å²) in [5.41, 5.74) is 1.60. The molecule has 1 saturated carbocycles. The molecule has 0 N–H and O–H groups in total. The molecule has 1 amide bonds. The lowest BCUT2D eigenvalue weighted by atomic mass is 9.95. The summed E-state index contributed by atoms with van der Waals surface area (Å²) in [6.45, 7) is 0.302. The number of fused-ring (bicyclic) bond motifs is 1. The molecular formula is C30H31NO6S. The maximum absolute atomic E-state index is 14.1. The van der Waals surface area contributed by atoms with Crippen molar-refractivity contribution >= 4 is 15.7 Å².